The number of likely N-dealkylation sites (tertiary alicyclic amines) is 1. The van der Waals surface area contributed by atoms with E-state index in [0.717, 1.165) is 23.6 Å². The molecule has 6 nitrogen and oxygen atoms in total. The lowest BCUT2D eigenvalue weighted by Crippen LogP contribution is -2.43. The van der Waals surface area contributed by atoms with Crippen LogP contribution in [0.3, 0.4) is 0 Å². The molecular weight excluding hydrogens is 382 g/mol. The van der Waals surface area contributed by atoms with Crippen molar-refractivity contribution >= 4 is 0 Å². The maximum Gasteiger partial charge on any atom is 0.203 e. The number of piperidine rings is 1. The third kappa shape index (κ3) is 4.01. The van der Waals surface area contributed by atoms with Crippen LogP contribution in [0.4, 0.5) is 0 Å². The smallest absolute Gasteiger partial charge is 0.203 e. The van der Waals surface area contributed by atoms with Gasteiger partial charge in [-0.1, -0.05) is 6.07 Å². The van der Waals surface area contributed by atoms with E-state index in [2.05, 4.69) is 4.90 Å². The van der Waals surface area contributed by atoms with Gasteiger partial charge in [0.1, 0.15) is 18.1 Å². The van der Waals surface area contributed by atoms with Crippen LogP contribution in [0.25, 0.3) is 0 Å². The Morgan fingerprint density at radius 3 is 2.27 bits per heavy atom. The molecule has 0 amide bonds. The van der Waals surface area contributed by atoms with Crippen LogP contribution < -0.4 is 23.7 Å². The van der Waals surface area contributed by atoms with Crippen LogP contribution in [0, 0.1) is 5.92 Å². The van der Waals surface area contributed by atoms with Gasteiger partial charge in [-0.25, -0.2) is 0 Å². The van der Waals surface area contributed by atoms with E-state index in [4.69, 9.17) is 23.7 Å². The Labute approximate surface area is 178 Å². The summed E-state index contributed by atoms with van der Waals surface area (Å²) in [6.07, 6.45) is 3.78. The lowest BCUT2D eigenvalue weighted by molar-refractivity contribution is 0.0865. The Bertz CT molecular complexity index is 845. The molecule has 0 spiro atoms. The molecule has 2 bridgehead atoms. The maximum atomic E-state index is 6.19. The van der Waals surface area contributed by atoms with Crippen LogP contribution in [0.15, 0.2) is 36.4 Å². The Kier molecular flexibility index (Phi) is 6.23. The summed E-state index contributed by atoms with van der Waals surface area (Å²) < 4.78 is 28.0. The molecule has 1 saturated carbocycles. The molecule has 1 aliphatic heterocycles. The SMILES string of the molecule is COc1cccc(OC[C@H]2[C@@H]3CC[C@@H](C3)N2Cc2cc(OC)c(OC)c(OC)c2)c1. The molecule has 162 valence electrons. The molecule has 2 aromatic carbocycles. The zero-order chi connectivity index (χ0) is 21.1. The summed E-state index contributed by atoms with van der Waals surface area (Å²) in [5, 5.41) is 0. The molecule has 6 heteroatoms. The number of fused-ring (bicyclic) bond motifs is 2. The van der Waals surface area contributed by atoms with E-state index in [-0.39, 0.29) is 0 Å². The van der Waals surface area contributed by atoms with Crippen LogP contribution in [-0.4, -0.2) is 52.0 Å². The quantitative estimate of drug-likeness (QED) is 0.616. The molecule has 2 aromatic rings. The van der Waals surface area contributed by atoms with Crippen LogP contribution >= 0.6 is 0 Å². The summed E-state index contributed by atoms with van der Waals surface area (Å²) in [6.45, 7) is 1.52. The summed E-state index contributed by atoms with van der Waals surface area (Å²) in [5.74, 6) is 4.37. The van der Waals surface area contributed by atoms with E-state index in [0.29, 0.717) is 41.9 Å². The van der Waals surface area contributed by atoms with Crippen molar-refractivity contribution in [3.8, 4) is 28.7 Å². The Morgan fingerprint density at radius 1 is 0.867 bits per heavy atom. The van der Waals surface area contributed by atoms with E-state index in [1.807, 2.05) is 36.4 Å². The molecule has 1 saturated heterocycles. The Hall–Kier alpha value is -2.60. The van der Waals surface area contributed by atoms with Gasteiger partial charge < -0.3 is 23.7 Å². The van der Waals surface area contributed by atoms with Gasteiger partial charge in [0.05, 0.1) is 28.4 Å². The summed E-state index contributed by atoms with van der Waals surface area (Å²) in [6, 6.07) is 12.9. The van der Waals surface area contributed by atoms with Gasteiger partial charge in [0.2, 0.25) is 5.75 Å². The minimum Gasteiger partial charge on any atom is -0.497 e. The molecule has 2 fully saturated rings. The maximum absolute atomic E-state index is 6.19. The summed E-state index contributed by atoms with van der Waals surface area (Å²) in [4.78, 5) is 2.59. The van der Waals surface area contributed by atoms with Crippen molar-refractivity contribution in [3.63, 3.8) is 0 Å². The van der Waals surface area contributed by atoms with E-state index < -0.39 is 0 Å². The number of nitrogens with zero attached hydrogens (tertiary/aromatic N) is 1. The first kappa shape index (κ1) is 20.7. The third-order valence-corrected chi connectivity index (χ3v) is 6.44. The summed E-state index contributed by atoms with van der Waals surface area (Å²) in [5.41, 5.74) is 1.16. The molecule has 4 rings (SSSR count). The van der Waals surface area contributed by atoms with Crippen molar-refractivity contribution in [1.82, 2.24) is 4.90 Å². The van der Waals surface area contributed by atoms with Crippen LogP contribution in [0.2, 0.25) is 0 Å². The van der Waals surface area contributed by atoms with Gasteiger partial charge in [-0.15, -0.1) is 0 Å². The topological polar surface area (TPSA) is 49.4 Å². The monoisotopic (exact) mass is 413 g/mol. The van der Waals surface area contributed by atoms with Crippen LogP contribution in [0.5, 0.6) is 28.7 Å². The first-order chi connectivity index (χ1) is 14.7. The molecule has 1 heterocycles. The number of ether oxygens (including phenoxy) is 5. The lowest BCUT2D eigenvalue weighted by atomic mass is 9.98. The zero-order valence-corrected chi connectivity index (χ0v) is 18.2. The lowest BCUT2D eigenvalue weighted by Gasteiger charge is -2.35. The second-order valence-corrected chi connectivity index (χ2v) is 7.99. The predicted octanol–water partition coefficient (Wildman–Crippen LogP) is 4.15. The van der Waals surface area contributed by atoms with Crippen LogP contribution in [-0.2, 0) is 6.54 Å². The molecule has 3 atom stereocenters. The predicted molar refractivity (Wildman–Crippen MR) is 115 cm³/mol. The van der Waals surface area contributed by atoms with Gasteiger partial charge in [-0.2, -0.15) is 0 Å². The van der Waals surface area contributed by atoms with Crippen molar-refractivity contribution in [3.05, 3.63) is 42.0 Å². The number of hydrogen-bond donors (Lipinski definition) is 0. The fourth-order valence-corrected chi connectivity index (χ4v) is 4.97. The summed E-state index contributed by atoms with van der Waals surface area (Å²) >= 11 is 0. The van der Waals surface area contributed by atoms with Crippen molar-refractivity contribution in [1.29, 1.82) is 0 Å². The normalized spacial score (nSPS) is 22.7. The van der Waals surface area contributed by atoms with Gasteiger partial charge in [0.25, 0.3) is 0 Å². The Balaban J connectivity index is 1.51. The number of methoxy groups -OCH3 is 4. The zero-order valence-electron chi connectivity index (χ0n) is 18.2. The molecule has 30 heavy (non-hydrogen) atoms. The third-order valence-electron chi connectivity index (χ3n) is 6.44. The number of benzene rings is 2. The highest BCUT2D eigenvalue weighted by Crippen LogP contribution is 2.45. The van der Waals surface area contributed by atoms with Gasteiger partial charge in [-0.3, -0.25) is 4.90 Å². The second kappa shape index (κ2) is 9.04. The largest absolute Gasteiger partial charge is 0.497 e. The van der Waals surface area contributed by atoms with E-state index in [1.165, 1.54) is 19.3 Å². The van der Waals surface area contributed by atoms with Crippen molar-refractivity contribution in [2.45, 2.75) is 37.9 Å². The van der Waals surface area contributed by atoms with Crippen LogP contribution in [0.1, 0.15) is 24.8 Å². The average molecular weight is 414 g/mol. The fourth-order valence-electron chi connectivity index (χ4n) is 4.97. The van der Waals surface area contributed by atoms with Crippen molar-refractivity contribution in [2.75, 3.05) is 35.0 Å². The minimum absolute atomic E-state index is 0.397. The van der Waals surface area contributed by atoms with E-state index in [9.17, 15) is 0 Å². The highest BCUT2D eigenvalue weighted by atomic mass is 16.5. The first-order valence-corrected chi connectivity index (χ1v) is 10.5. The average Bonchev–Trinajstić information content (AvgIpc) is 3.39. The number of rotatable bonds is 9. The highest BCUT2D eigenvalue weighted by molar-refractivity contribution is 5.53. The van der Waals surface area contributed by atoms with E-state index in [1.54, 1.807) is 28.4 Å². The molecule has 0 N–H and O–H groups in total. The molecular formula is C24H31NO5. The van der Waals surface area contributed by atoms with Crippen molar-refractivity contribution < 1.29 is 23.7 Å². The van der Waals surface area contributed by atoms with E-state index >= 15 is 0 Å². The van der Waals surface area contributed by atoms with Crippen molar-refractivity contribution in [2.24, 2.45) is 5.92 Å². The standard InChI is InChI=1S/C24H31NO5/c1-26-19-6-5-7-20(13-19)30-15-21-17-8-9-18(12-17)25(21)14-16-10-22(27-2)24(29-4)23(11-16)28-3/h5-7,10-11,13,17-18,21H,8-9,12,14-15H2,1-4H3/t17-,18+,21+/m1/s1. The van der Waals surface area contributed by atoms with Gasteiger partial charge >= 0.3 is 0 Å². The highest BCUT2D eigenvalue weighted by Gasteiger charge is 2.46. The van der Waals surface area contributed by atoms with Gasteiger partial charge in [-0.05, 0) is 55.0 Å². The molecule has 0 radical (unpaired) electrons. The Morgan fingerprint density at radius 2 is 1.60 bits per heavy atom. The second-order valence-electron chi connectivity index (χ2n) is 7.99. The molecule has 0 aromatic heterocycles. The molecule has 2 aliphatic rings. The minimum atomic E-state index is 0.397. The summed E-state index contributed by atoms with van der Waals surface area (Å²) in [7, 11) is 6.62. The molecule has 1 aliphatic carbocycles. The van der Waals surface area contributed by atoms with Gasteiger partial charge in [0.15, 0.2) is 11.5 Å². The first-order valence-electron chi connectivity index (χ1n) is 10.5. The number of hydrogen-bond acceptors (Lipinski definition) is 6. The van der Waals surface area contributed by atoms with Gasteiger partial charge in [0, 0.05) is 24.7 Å². The molecule has 0 unspecified atom stereocenters. The fraction of sp³-hybridized carbons (Fsp3) is 0.500.